The largest absolute Gasteiger partial charge is 0.435 e. The third-order valence-electron chi connectivity index (χ3n) is 12.1. The van der Waals surface area contributed by atoms with Crippen molar-refractivity contribution < 1.29 is 32.2 Å². The van der Waals surface area contributed by atoms with Crippen molar-refractivity contribution in [2.45, 2.75) is 66.5 Å². The van der Waals surface area contributed by atoms with E-state index < -0.39 is 17.3 Å². The van der Waals surface area contributed by atoms with Crippen LogP contribution < -0.4 is 9.47 Å². The number of allylic oxidation sites excluding steroid dienone is 1. The Hall–Kier alpha value is -8.59. The van der Waals surface area contributed by atoms with Crippen LogP contribution in [-0.4, -0.2) is 52.0 Å². The summed E-state index contributed by atoms with van der Waals surface area (Å²) >= 11 is 0. The number of fused-ring (bicyclic) bond motifs is 2. The number of ether oxygens (including phenoxy) is 2. The Kier molecular flexibility index (Phi) is 13.2. The van der Waals surface area contributed by atoms with E-state index in [0.29, 0.717) is 42.9 Å². The molecular weight excluding hydrogens is 906 g/mol. The summed E-state index contributed by atoms with van der Waals surface area (Å²) in [5.41, 5.74) is 9.82. The highest BCUT2D eigenvalue weighted by molar-refractivity contribution is 6.01. The number of rotatable bonds is 12. The van der Waals surface area contributed by atoms with E-state index in [0.717, 1.165) is 67.5 Å². The van der Waals surface area contributed by atoms with Crippen molar-refractivity contribution in [3.8, 4) is 45.5 Å². The number of aryl methyl sites for hydroxylation is 2. The zero-order chi connectivity index (χ0) is 50.0. The van der Waals surface area contributed by atoms with Gasteiger partial charge in [0, 0.05) is 49.7 Å². The van der Waals surface area contributed by atoms with Crippen LogP contribution in [0.5, 0.6) is 23.3 Å². The summed E-state index contributed by atoms with van der Waals surface area (Å²) in [5.74, 6) is -1.67. The molecule has 0 atom stereocenters. The molecule has 71 heavy (non-hydrogen) atoms. The molecule has 10 rings (SSSR count). The first kappa shape index (κ1) is 47.5. The molecule has 2 amide bonds. The molecule has 0 unspecified atom stereocenters. The maximum Gasteiger partial charge on any atom is 0.260 e. The van der Waals surface area contributed by atoms with Crippen molar-refractivity contribution in [3.05, 3.63) is 208 Å². The summed E-state index contributed by atoms with van der Waals surface area (Å²) in [5, 5.41) is 16.0. The molecule has 2 aliphatic rings. The summed E-state index contributed by atoms with van der Waals surface area (Å²) in [4.78, 5) is 38.3. The van der Waals surface area contributed by atoms with E-state index in [2.05, 4.69) is 36.9 Å². The molecular formula is C56H47F3N8O4. The summed E-state index contributed by atoms with van der Waals surface area (Å²) < 4.78 is 54.8. The Balaban J connectivity index is 0.000000176. The number of halogens is 3. The Bertz CT molecular complexity index is 3340. The van der Waals surface area contributed by atoms with Gasteiger partial charge in [0.15, 0.2) is 23.1 Å². The number of amides is 2. The van der Waals surface area contributed by atoms with E-state index >= 15 is 0 Å². The topological polar surface area (TPSA) is 136 Å². The summed E-state index contributed by atoms with van der Waals surface area (Å²) in [6.45, 7) is 13.8. The van der Waals surface area contributed by atoms with Crippen LogP contribution in [0.25, 0.3) is 27.8 Å². The van der Waals surface area contributed by atoms with Gasteiger partial charge in [0.2, 0.25) is 11.8 Å². The van der Waals surface area contributed by atoms with Gasteiger partial charge in [-0.25, -0.2) is 23.1 Å². The van der Waals surface area contributed by atoms with Gasteiger partial charge in [0.05, 0.1) is 23.8 Å². The third-order valence-corrected chi connectivity index (χ3v) is 12.1. The maximum absolute atomic E-state index is 14.6. The molecule has 0 fully saturated rings. The Morgan fingerprint density at radius 2 is 1.07 bits per heavy atom. The fraction of sp³-hybridized carbons (Fsp3) is 0.179. The van der Waals surface area contributed by atoms with Crippen LogP contribution in [0, 0.1) is 25.5 Å². The number of alkyl halides is 1. The quantitative estimate of drug-likeness (QED) is 0.116. The van der Waals surface area contributed by atoms with E-state index in [1.54, 1.807) is 53.5 Å². The van der Waals surface area contributed by atoms with Gasteiger partial charge in [-0.1, -0.05) is 72.8 Å². The van der Waals surface area contributed by atoms with Gasteiger partial charge in [0.1, 0.15) is 16.8 Å². The number of carbonyl (C=O) groups is 2. The highest BCUT2D eigenvalue weighted by Crippen LogP contribution is 2.37. The molecule has 6 heterocycles. The normalized spacial score (nSPS) is 12.8. The van der Waals surface area contributed by atoms with E-state index in [9.17, 15) is 22.8 Å². The van der Waals surface area contributed by atoms with E-state index in [4.69, 9.17) is 9.47 Å². The number of pyridine rings is 2. The number of hydrogen-bond acceptors (Lipinski definition) is 10. The fourth-order valence-electron chi connectivity index (χ4n) is 8.28. The van der Waals surface area contributed by atoms with Crippen LogP contribution in [0.15, 0.2) is 141 Å². The first-order valence-electron chi connectivity index (χ1n) is 22.7. The lowest BCUT2D eigenvalue weighted by molar-refractivity contribution is 0.0757. The zero-order valence-corrected chi connectivity index (χ0v) is 39.6. The minimum atomic E-state index is -1.69. The van der Waals surface area contributed by atoms with Gasteiger partial charge in [-0.15, -0.1) is 0 Å². The molecule has 0 spiro atoms. The number of hydrogen-bond donors (Lipinski definition) is 0. The Morgan fingerprint density at radius 1 is 0.620 bits per heavy atom. The maximum atomic E-state index is 14.6. The van der Waals surface area contributed by atoms with E-state index in [1.807, 2.05) is 74.5 Å². The second-order valence-electron chi connectivity index (χ2n) is 17.9. The predicted molar refractivity (Wildman–Crippen MR) is 262 cm³/mol. The van der Waals surface area contributed by atoms with Crippen molar-refractivity contribution >= 4 is 17.4 Å². The van der Waals surface area contributed by atoms with Crippen molar-refractivity contribution in [1.82, 2.24) is 40.2 Å². The van der Waals surface area contributed by atoms with Crippen LogP contribution in [0.1, 0.15) is 86.3 Å². The van der Waals surface area contributed by atoms with E-state index in [-0.39, 0.29) is 40.6 Å². The van der Waals surface area contributed by atoms with Crippen LogP contribution >= 0.6 is 0 Å². The Labute approximate surface area is 408 Å². The molecule has 2 aliphatic heterocycles. The molecule has 0 N–H and O–H groups in total. The first-order valence-corrected chi connectivity index (χ1v) is 22.7. The molecule has 0 bridgehead atoms. The number of aromatic nitrogens is 6. The van der Waals surface area contributed by atoms with Crippen LogP contribution in [-0.2, 0) is 31.8 Å². The average molecular weight is 953 g/mol. The molecule has 356 valence electrons. The monoisotopic (exact) mass is 952 g/mol. The smallest absolute Gasteiger partial charge is 0.260 e. The summed E-state index contributed by atoms with van der Waals surface area (Å²) in [6.07, 6.45) is 6.55. The van der Waals surface area contributed by atoms with Gasteiger partial charge in [-0.3, -0.25) is 9.59 Å². The van der Waals surface area contributed by atoms with Crippen molar-refractivity contribution in [2.75, 3.05) is 0 Å². The average Bonchev–Trinajstić information content (AvgIpc) is 3.85. The lowest BCUT2D eigenvalue weighted by atomic mass is 10.0. The molecule has 12 nitrogen and oxygen atoms in total. The molecule has 0 aliphatic carbocycles. The Morgan fingerprint density at radius 3 is 1.48 bits per heavy atom. The van der Waals surface area contributed by atoms with Crippen LogP contribution in [0.4, 0.5) is 13.2 Å². The lowest BCUT2D eigenvalue weighted by Gasteiger charge is -2.17. The van der Waals surface area contributed by atoms with Crippen LogP contribution in [0.2, 0.25) is 0 Å². The first-order chi connectivity index (χ1) is 34.1. The molecule has 8 aromatic rings. The molecule has 0 saturated heterocycles. The molecule has 0 saturated carbocycles. The summed E-state index contributed by atoms with van der Waals surface area (Å²) in [6, 6.07) is 31.9. The highest BCUT2D eigenvalue weighted by atomic mass is 19.1. The minimum absolute atomic E-state index is 0.0126. The second kappa shape index (κ2) is 19.8. The lowest BCUT2D eigenvalue weighted by Crippen LogP contribution is -2.23. The second-order valence-corrected chi connectivity index (χ2v) is 17.9. The van der Waals surface area contributed by atoms with Crippen molar-refractivity contribution in [3.63, 3.8) is 0 Å². The molecule has 4 aromatic heterocycles. The van der Waals surface area contributed by atoms with Crippen molar-refractivity contribution in [1.29, 1.82) is 0 Å². The summed E-state index contributed by atoms with van der Waals surface area (Å²) in [7, 11) is 0. The standard InChI is InChI=1S/C28H24F2N4O2.C28H23FN4O2/c1-17-12-21(14-32-33-17)19-6-4-18(5-7-19)15-34-16-20-10-11-31-26(25(20)27(34)35)36-24-9-8-22(13-23(24)29)28(2,3)30;1-17(2)21-8-9-25(24(29)13-21)35-27-26-22(10-11-30-27)16-33(28(26)34)15-19-4-6-20(7-5-19)23-12-18(3)32-31-14-23/h4-14H,15-16H2,1-3H3;4-14H,1,15-16H2,2-3H3. The van der Waals surface area contributed by atoms with Crippen molar-refractivity contribution in [2.24, 2.45) is 0 Å². The molecule has 15 heteroatoms. The number of benzene rings is 4. The van der Waals surface area contributed by atoms with Gasteiger partial charge < -0.3 is 19.3 Å². The molecule has 0 radical (unpaired) electrons. The van der Waals surface area contributed by atoms with Gasteiger partial charge in [0.25, 0.3) is 11.8 Å². The van der Waals surface area contributed by atoms with Gasteiger partial charge in [-0.05, 0) is 128 Å². The van der Waals surface area contributed by atoms with Gasteiger partial charge >= 0.3 is 0 Å². The highest BCUT2D eigenvalue weighted by Gasteiger charge is 2.34. The van der Waals surface area contributed by atoms with Gasteiger partial charge in [-0.2, -0.15) is 20.4 Å². The number of carbonyl (C=O) groups excluding carboxylic acids is 2. The molecule has 4 aromatic carbocycles. The third kappa shape index (κ3) is 10.5. The predicted octanol–water partition coefficient (Wildman–Crippen LogP) is 12.1. The van der Waals surface area contributed by atoms with E-state index in [1.165, 1.54) is 44.3 Å². The minimum Gasteiger partial charge on any atom is -0.435 e. The zero-order valence-electron chi connectivity index (χ0n) is 39.6. The SMILES string of the molecule is C=C(C)c1ccc(Oc2nccc3c2C(=O)N(Cc2ccc(-c4cnnc(C)c4)cc2)C3)c(F)c1.Cc1cc(-c2ccc(CN3Cc4ccnc(Oc5ccc(C(C)(C)F)cc5F)c4C3=O)cc2)cnn1. The van der Waals surface area contributed by atoms with Crippen LogP contribution in [0.3, 0.4) is 0 Å². The fourth-order valence-corrected chi connectivity index (χ4v) is 8.28. The number of nitrogens with zero attached hydrogens (tertiary/aromatic N) is 8.